The Labute approximate surface area is 196 Å². The predicted octanol–water partition coefficient (Wildman–Crippen LogP) is 5.11. The van der Waals surface area contributed by atoms with Gasteiger partial charge in [0.15, 0.2) is 0 Å². The fourth-order valence-corrected chi connectivity index (χ4v) is 6.28. The topological polar surface area (TPSA) is 43.1 Å². The van der Waals surface area contributed by atoms with E-state index in [2.05, 4.69) is 61.6 Å². The first-order valence-electron chi connectivity index (χ1n) is 11.5. The SMILES string of the molecule is C[N@@+]1(CCCSc2ccccc2)CC[C@@H](C(C(N)=O)(c2ccccc2)c2ccccc2)C1. The zero-order valence-corrected chi connectivity index (χ0v) is 19.6. The molecule has 1 amide bonds. The van der Waals surface area contributed by atoms with E-state index in [4.69, 9.17) is 5.73 Å². The highest BCUT2D eigenvalue weighted by atomic mass is 32.2. The van der Waals surface area contributed by atoms with E-state index < -0.39 is 5.41 Å². The minimum atomic E-state index is -0.794. The van der Waals surface area contributed by atoms with E-state index >= 15 is 0 Å². The van der Waals surface area contributed by atoms with Crippen molar-refractivity contribution in [2.24, 2.45) is 11.7 Å². The van der Waals surface area contributed by atoms with Crippen molar-refractivity contribution in [3.05, 3.63) is 102 Å². The minimum Gasteiger partial charge on any atom is -0.369 e. The second-order valence-corrected chi connectivity index (χ2v) is 10.3. The summed E-state index contributed by atoms with van der Waals surface area (Å²) in [5.41, 5.74) is 7.47. The van der Waals surface area contributed by atoms with Crippen LogP contribution in [-0.4, -0.2) is 42.8 Å². The molecule has 1 heterocycles. The fourth-order valence-electron chi connectivity index (χ4n) is 5.42. The molecule has 2 N–H and O–H groups in total. The van der Waals surface area contributed by atoms with E-state index in [1.165, 1.54) is 4.90 Å². The third-order valence-electron chi connectivity index (χ3n) is 6.99. The number of amides is 1. The van der Waals surface area contributed by atoms with Crippen molar-refractivity contribution in [1.82, 2.24) is 0 Å². The van der Waals surface area contributed by atoms with Crippen LogP contribution in [0.3, 0.4) is 0 Å². The second kappa shape index (κ2) is 9.93. The van der Waals surface area contributed by atoms with Crippen molar-refractivity contribution < 1.29 is 9.28 Å². The van der Waals surface area contributed by atoms with Crippen LogP contribution in [0.5, 0.6) is 0 Å². The van der Waals surface area contributed by atoms with Crippen molar-refractivity contribution in [1.29, 1.82) is 0 Å². The first kappa shape index (κ1) is 22.6. The standard InChI is InChI=1S/C28H32N2OS/c1-30(19-11-21-32-26-16-9-4-10-17-26)20-18-25(22-30)28(27(29)31,23-12-5-2-6-13-23)24-14-7-3-8-15-24/h2-10,12-17,25H,11,18-22H2,1H3,(H-,29,31)/p+1/t25-,30-/m1/s1. The number of likely N-dealkylation sites (tertiary alicyclic amines) is 1. The van der Waals surface area contributed by atoms with Gasteiger partial charge in [0.05, 0.1) is 26.7 Å². The highest BCUT2D eigenvalue weighted by molar-refractivity contribution is 7.99. The van der Waals surface area contributed by atoms with Crippen LogP contribution in [-0.2, 0) is 10.2 Å². The van der Waals surface area contributed by atoms with Crippen LogP contribution in [0.25, 0.3) is 0 Å². The lowest BCUT2D eigenvalue weighted by molar-refractivity contribution is -0.899. The van der Waals surface area contributed by atoms with Crippen LogP contribution in [0.4, 0.5) is 0 Å². The molecule has 0 radical (unpaired) electrons. The molecule has 0 unspecified atom stereocenters. The van der Waals surface area contributed by atoms with Gasteiger partial charge in [-0.2, -0.15) is 0 Å². The minimum absolute atomic E-state index is 0.177. The van der Waals surface area contributed by atoms with E-state index in [0.717, 1.165) is 53.8 Å². The molecule has 166 valence electrons. The Balaban J connectivity index is 1.54. The molecular weight excluding hydrogens is 412 g/mol. The normalized spacial score (nSPS) is 20.8. The summed E-state index contributed by atoms with van der Waals surface area (Å²) >= 11 is 1.92. The number of carbonyl (C=O) groups is 1. The lowest BCUT2D eigenvalue weighted by Gasteiger charge is -2.38. The fraction of sp³-hybridized carbons (Fsp3) is 0.321. The Bertz CT molecular complexity index is 970. The number of nitrogens with zero attached hydrogens (tertiary/aromatic N) is 1. The summed E-state index contributed by atoms with van der Waals surface area (Å²) in [4.78, 5) is 14.6. The van der Waals surface area contributed by atoms with E-state index in [-0.39, 0.29) is 11.8 Å². The van der Waals surface area contributed by atoms with Crippen LogP contribution >= 0.6 is 11.8 Å². The third kappa shape index (κ3) is 4.62. The van der Waals surface area contributed by atoms with E-state index in [1.807, 2.05) is 48.2 Å². The van der Waals surface area contributed by atoms with Crippen molar-refractivity contribution in [2.45, 2.75) is 23.2 Å². The van der Waals surface area contributed by atoms with Gasteiger partial charge in [0.25, 0.3) is 0 Å². The van der Waals surface area contributed by atoms with Crippen molar-refractivity contribution in [3.63, 3.8) is 0 Å². The lowest BCUT2D eigenvalue weighted by atomic mass is 9.64. The number of benzene rings is 3. The molecule has 0 aromatic heterocycles. The summed E-state index contributed by atoms with van der Waals surface area (Å²) in [6, 6.07) is 30.9. The molecular formula is C28H33N2OS+. The Kier molecular flexibility index (Phi) is 7.02. The van der Waals surface area contributed by atoms with Gasteiger partial charge in [0, 0.05) is 29.4 Å². The first-order chi connectivity index (χ1) is 15.5. The molecule has 0 saturated carbocycles. The molecule has 0 aliphatic carbocycles. The van der Waals surface area contributed by atoms with Gasteiger partial charge in [0.1, 0.15) is 5.41 Å². The summed E-state index contributed by atoms with van der Waals surface area (Å²) < 4.78 is 0.995. The average molecular weight is 446 g/mol. The van der Waals surface area contributed by atoms with Gasteiger partial charge < -0.3 is 10.2 Å². The van der Waals surface area contributed by atoms with E-state index in [9.17, 15) is 4.79 Å². The highest BCUT2D eigenvalue weighted by Crippen LogP contribution is 2.45. The van der Waals surface area contributed by atoms with Crippen molar-refractivity contribution in [2.75, 3.05) is 32.4 Å². The molecule has 1 fully saturated rings. The number of hydrogen-bond acceptors (Lipinski definition) is 2. The molecule has 1 aliphatic heterocycles. The third-order valence-corrected chi connectivity index (χ3v) is 8.09. The lowest BCUT2D eigenvalue weighted by Crippen LogP contribution is -2.51. The quantitative estimate of drug-likeness (QED) is 0.283. The summed E-state index contributed by atoms with van der Waals surface area (Å²) in [6.07, 6.45) is 2.15. The number of quaternary nitrogens is 1. The Morgan fingerprint density at radius 1 is 0.938 bits per heavy atom. The second-order valence-electron chi connectivity index (χ2n) is 9.15. The van der Waals surface area contributed by atoms with Crippen molar-refractivity contribution >= 4 is 17.7 Å². The molecule has 2 atom stereocenters. The molecule has 32 heavy (non-hydrogen) atoms. The number of thioether (sulfide) groups is 1. The first-order valence-corrected chi connectivity index (χ1v) is 12.5. The molecule has 3 aromatic rings. The zero-order valence-electron chi connectivity index (χ0n) is 18.8. The molecule has 4 heteroatoms. The summed E-state index contributed by atoms with van der Waals surface area (Å²) in [7, 11) is 2.34. The number of carbonyl (C=O) groups excluding carboxylic acids is 1. The smallest absolute Gasteiger partial charge is 0.233 e. The van der Waals surface area contributed by atoms with Gasteiger partial charge in [-0.3, -0.25) is 4.79 Å². The molecule has 3 aromatic carbocycles. The predicted molar refractivity (Wildman–Crippen MR) is 134 cm³/mol. The van der Waals surface area contributed by atoms with Crippen LogP contribution in [0.1, 0.15) is 24.0 Å². The van der Waals surface area contributed by atoms with Gasteiger partial charge in [-0.15, -0.1) is 11.8 Å². The van der Waals surface area contributed by atoms with Gasteiger partial charge in [-0.1, -0.05) is 78.9 Å². The summed E-state index contributed by atoms with van der Waals surface area (Å²) in [6.45, 7) is 3.16. The Hall–Kier alpha value is -2.56. The summed E-state index contributed by atoms with van der Waals surface area (Å²) in [5.74, 6) is 1.05. The summed E-state index contributed by atoms with van der Waals surface area (Å²) in [5, 5.41) is 0. The molecule has 1 aliphatic rings. The van der Waals surface area contributed by atoms with Crippen LogP contribution in [0, 0.1) is 5.92 Å². The largest absolute Gasteiger partial charge is 0.369 e. The van der Waals surface area contributed by atoms with Gasteiger partial charge in [-0.25, -0.2) is 0 Å². The molecule has 1 saturated heterocycles. The average Bonchev–Trinajstić information content (AvgIpc) is 3.21. The van der Waals surface area contributed by atoms with Gasteiger partial charge in [-0.05, 0) is 23.3 Å². The van der Waals surface area contributed by atoms with Gasteiger partial charge in [0.2, 0.25) is 5.91 Å². The van der Waals surface area contributed by atoms with Gasteiger partial charge >= 0.3 is 0 Å². The Morgan fingerprint density at radius 2 is 1.47 bits per heavy atom. The van der Waals surface area contributed by atoms with Crippen molar-refractivity contribution in [3.8, 4) is 0 Å². The zero-order chi connectivity index (χ0) is 22.4. The molecule has 3 nitrogen and oxygen atoms in total. The number of hydrogen-bond donors (Lipinski definition) is 1. The molecule has 4 rings (SSSR count). The number of rotatable bonds is 9. The number of nitrogens with two attached hydrogens (primary N) is 1. The maximum Gasteiger partial charge on any atom is 0.233 e. The molecule has 0 spiro atoms. The molecule has 0 bridgehead atoms. The highest BCUT2D eigenvalue weighted by Gasteiger charge is 2.53. The maximum absolute atomic E-state index is 13.2. The maximum atomic E-state index is 13.2. The monoisotopic (exact) mass is 445 g/mol. The van der Waals surface area contributed by atoms with E-state index in [1.54, 1.807) is 0 Å². The van der Waals surface area contributed by atoms with Crippen LogP contribution in [0.15, 0.2) is 95.9 Å². The van der Waals surface area contributed by atoms with Crippen LogP contribution in [0.2, 0.25) is 0 Å². The Morgan fingerprint density at radius 3 is 2.00 bits per heavy atom. The number of primary amides is 1. The van der Waals surface area contributed by atoms with Crippen LogP contribution < -0.4 is 5.73 Å². The van der Waals surface area contributed by atoms with E-state index in [0.29, 0.717) is 0 Å².